The molecule has 0 radical (unpaired) electrons. The van der Waals surface area contributed by atoms with E-state index in [0.717, 1.165) is 0 Å². The molecule has 9 heavy (non-hydrogen) atoms. The molecule has 0 spiro atoms. The van der Waals surface area contributed by atoms with Crippen LogP contribution in [0.3, 0.4) is 0 Å². The van der Waals surface area contributed by atoms with Gasteiger partial charge in [-0.3, -0.25) is 9.79 Å². The van der Waals surface area contributed by atoms with Gasteiger partial charge in [0.1, 0.15) is 12.8 Å². The zero-order chi connectivity index (χ0) is 7.28. The van der Waals surface area contributed by atoms with Gasteiger partial charge in [0.25, 0.3) is 0 Å². The molecule has 0 bridgehead atoms. The highest BCUT2D eigenvalue weighted by Crippen LogP contribution is 1.64. The minimum Gasteiger partial charge on any atom is -0.477 e. The highest BCUT2D eigenvalue weighted by molar-refractivity contribution is 6.22. The van der Waals surface area contributed by atoms with Gasteiger partial charge in [0, 0.05) is 0 Å². The van der Waals surface area contributed by atoms with Crippen LogP contribution >= 0.6 is 0 Å². The van der Waals surface area contributed by atoms with Gasteiger partial charge >= 0.3 is 5.97 Å². The summed E-state index contributed by atoms with van der Waals surface area (Å²) in [4.78, 5) is 22.7. The van der Waals surface area contributed by atoms with Crippen LogP contribution in [0.4, 0.5) is 0 Å². The molecule has 50 valence electrons. The predicted octanol–water partition coefficient (Wildman–Crippen LogP) is -1.37. The van der Waals surface area contributed by atoms with Gasteiger partial charge in [0.2, 0.25) is 5.91 Å². The molecule has 0 unspecified atom stereocenters. The lowest BCUT2D eigenvalue weighted by molar-refractivity contribution is -0.128. The lowest BCUT2D eigenvalue weighted by atomic mass is 10.6. The van der Waals surface area contributed by atoms with Crippen LogP contribution in [0.2, 0.25) is 0 Å². The van der Waals surface area contributed by atoms with E-state index < -0.39 is 11.9 Å². The van der Waals surface area contributed by atoms with Crippen LogP contribution in [0.5, 0.6) is 0 Å². The van der Waals surface area contributed by atoms with E-state index in [9.17, 15) is 9.59 Å². The van der Waals surface area contributed by atoms with Crippen LogP contribution in [0.25, 0.3) is 0 Å². The molecule has 0 saturated carbocycles. The second-order valence-corrected chi connectivity index (χ2v) is 1.27. The minimum absolute atomic E-state index is 0.272. The number of primary amides is 1. The third kappa shape index (κ3) is 6.61. The van der Waals surface area contributed by atoms with E-state index in [1.165, 1.54) is 0 Å². The fourth-order valence-electron chi connectivity index (χ4n) is 0.214. The number of nitrogens with zero attached hydrogens (tertiary/aromatic N) is 1. The molecule has 1 amide bonds. The maximum atomic E-state index is 9.90. The Morgan fingerprint density at radius 3 is 2.56 bits per heavy atom. The van der Waals surface area contributed by atoms with E-state index in [1.54, 1.807) is 0 Å². The number of hydrogen-bond acceptors (Lipinski definition) is 3. The number of carboxylic acid groups (broad SMARTS) is 1. The van der Waals surface area contributed by atoms with Gasteiger partial charge in [0.05, 0.1) is 0 Å². The van der Waals surface area contributed by atoms with Crippen molar-refractivity contribution in [2.45, 2.75) is 0 Å². The molecule has 0 atom stereocenters. The summed E-state index contributed by atoms with van der Waals surface area (Å²) in [5, 5.41) is 7.92. The highest BCUT2D eigenvalue weighted by Gasteiger charge is 1.89. The van der Waals surface area contributed by atoms with Crippen molar-refractivity contribution >= 4 is 18.1 Å². The first kappa shape index (κ1) is 7.61. The molecule has 5 heteroatoms. The Bertz CT molecular complexity index is 152. The first-order valence-electron chi connectivity index (χ1n) is 2.14. The molecule has 0 rings (SSSR count). The molecule has 0 aliphatic heterocycles. The molecular weight excluding hydrogens is 124 g/mol. The van der Waals surface area contributed by atoms with Crippen molar-refractivity contribution in [2.24, 2.45) is 10.7 Å². The van der Waals surface area contributed by atoms with E-state index in [1.807, 2.05) is 0 Å². The molecule has 0 aliphatic carbocycles. The molecule has 0 fully saturated rings. The summed E-state index contributed by atoms with van der Waals surface area (Å²) >= 11 is 0. The van der Waals surface area contributed by atoms with E-state index in [4.69, 9.17) is 5.11 Å². The second kappa shape index (κ2) is 3.59. The standard InChI is InChI=1S/C4H6N2O3/c5-3(7)1-6-2-4(8)9/h2H,1H2,(H2,5,7)(H,8,9). The fraction of sp³-hybridized carbons (Fsp3) is 0.250. The minimum atomic E-state index is -1.18. The number of aliphatic carboxylic acids is 1. The topological polar surface area (TPSA) is 92.8 Å². The predicted molar refractivity (Wildman–Crippen MR) is 30.2 cm³/mol. The van der Waals surface area contributed by atoms with Gasteiger partial charge in [-0.1, -0.05) is 0 Å². The molecule has 0 aliphatic rings. The van der Waals surface area contributed by atoms with E-state index in [2.05, 4.69) is 10.7 Å². The molecule has 0 heterocycles. The van der Waals surface area contributed by atoms with E-state index in [0.29, 0.717) is 6.21 Å². The van der Waals surface area contributed by atoms with Crippen LogP contribution in [0.15, 0.2) is 4.99 Å². The number of carbonyl (C=O) groups excluding carboxylic acids is 1. The van der Waals surface area contributed by atoms with Crippen molar-refractivity contribution in [2.75, 3.05) is 6.54 Å². The van der Waals surface area contributed by atoms with Gasteiger partial charge in [-0.25, -0.2) is 4.79 Å². The molecule has 5 nitrogen and oxygen atoms in total. The Morgan fingerprint density at radius 1 is 1.67 bits per heavy atom. The summed E-state index contributed by atoms with van der Waals surface area (Å²) in [6, 6.07) is 0. The van der Waals surface area contributed by atoms with Crippen molar-refractivity contribution in [3.8, 4) is 0 Å². The number of carbonyl (C=O) groups is 2. The number of carboxylic acids is 1. The maximum Gasteiger partial charge on any atom is 0.346 e. The zero-order valence-corrected chi connectivity index (χ0v) is 4.57. The summed E-state index contributed by atoms with van der Waals surface area (Å²) in [5.41, 5.74) is 4.63. The number of hydrogen-bond donors (Lipinski definition) is 2. The fourth-order valence-corrected chi connectivity index (χ4v) is 0.214. The summed E-state index contributed by atoms with van der Waals surface area (Å²) in [5.74, 6) is -1.83. The third-order valence-electron chi connectivity index (χ3n) is 0.449. The smallest absolute Gasteiger partial charge is 0.346 e. The number of aliphatic imine (C=N–C) groups is 1. The Balaban J connectivity index is 3.48. The second-order valence-electron chi connectivity index (χ2n) is 1.27. The Hall–Kier alpha value is -1.39. The Labute approximate surface area is 51.2 Å². The molecule has 0 aromatic heterocycles. The SMILES string of the molecule is NC(=O)CN=CC(=O)O. The van der Waals surface area contributed by atoms with Gasteiger partial charge in [-0.2, -0.15) is 0 Å². The van der Waals surface area contributed by atoms with Crippen molar-refractivity contribution in [3.63, 3.8) is 0 Å². The van der Waals surface area contributed by atoms with E-state index >= 15 is 0 Å². The van der Waals surface area contributed by atoms with E-state index in [-0.39, 0.29) is 6.54 Å². The zero-order valence-electron chi connectivity index (χ0n) is 4.57. The normalized spacial score (nSPS) is 9.78. The lowest BCUT2D eigenvalue weighted by Gasteiger charge is -1.81. The quantitative estimate of drug-likeness (QED) is 0.461. The molecule has 0 aromatic carbocycles. The number of nitrogens with two attached hydrogens (primary N) is 1. The molecule has 0 aromatic rings. The van der Waals surface area contributed by atoms with Gasteiger partial charge in [-0.05, 0) is 0 Å². The average Bonchev–Trinajstić information content (AvgIpc) is 1.63. The monoisotopic (exact) mass is 130 g/mol. The van der Waals surface area contributed by atoms with Crippen LogP contribution in [0.1, 0.15) is 0 Å². The first-order chi connectivity index (χ1) is 4.13. The summed E-state index contributed by atoms with van der Waals surface area (Å²) in [6.07, 6.45) is 0.630. The summed E-state index contributed by atoms with van der Waals surface area (Å²) < 4.78 is 0. The lowest BCUT2D eigenvalue weighted by Crippen LogP contribution is -2.14. The summed E-state index contributed by atoms with van der Waals surface area (Å²) in [6.45, 7) is -0.272. The molecule has 0 saturated heterocycles. The Kier molecular flexibility index (Phi) is 3.04. The number of rotatable bonds is 3. The molecular formula is C4H6N2O3. The van der Waals surface area contributed by atoms with Gasteiger partial charge in [-0.15, -0.1) is 0 Å². The molecule has 3 N–H and O–H groups in total. The van der Waals surface area contributed by atoms with Crippen molar-refractivity contribution < 1.29 is 14.7 Å². The largest absolute Gasteiger partial charge is 0.477 e. The van der Waals surface area contributed by atoms with Crippen LogP contribution < -0.4 is 5.73 Å². The average molecular weight is 130 g/mol. The first-order valence-corrected chi connectivity index (χ1v) is 2.14. The van der Waals surface area contributed by atoms with Crippen LogP contribution in [0, 0.1) is 0 Å². The van der Waals surface area contributed by atoms with Crippen molar-refractivity contribution in [3.05, 3.63) is 0 Å². The Morgan fingerprint density at radius 2 is 2.22 bits per heavy atom. The van der Waals surface area contributed by atoms with Crippen LogP contribution in [-0.2, 0) is 9.59 Å². The van der Waals surface area contributed by atoms with Crippen molar-refractivity contribution in [1.29, 1.82) is 0 Å². The maximum absolute atomic E-state index is 9.90. The van der Waals surface area contributed by atoms with Crippen molar-refractivity contribution in [1.82, 2.24) is 0 Å². The van der Waals surface area contributed by atoms with Gasteiger partial charge in [0.15, 0.2) is 0 Å². The van der Waals surface area contributed by atoms with Crippen LogP contribution in [-0.4, -0.2) is 29.7 Å². The highest BCUT2D eigenvalue weighted by atomic mass is 16.4. The number of amides is 1. The third-order valence-corrected chi connectivity index (χ3v) is 0.449. The summed E-state index contributed by atoms with van der Waals surface area (Å²) in [7, 11) is 0. The van der Waals surface area contributed by atoms with Gasteiger partial charge < -0.3 is 10.8 Å².